The van der Waals surface area contributed by atoms with E-state index in [-0.39, 0.29) is 29.7 Å². The summed E-state index contributed by atoms with van der Waals surface area (Å²) in [6, 6.07) is 10.6. The van der Waals surface area contributed by atoms with Gasteiger partial charge in [0.25, 0.3) is 5.91 Å². The Morgan fingerprint density at radius 1 is 1.17 bits per heavy atom. The summed E-state index contributed by atoms with van der Waals surface area (Å²) >= 11 is 0. The Morgan fingerprint density at radius 3 is 2.83 bits per heavy atom. The van der Waals surface area contributed by atoms with Gasteiger partial charge in [-0.3, -0.25) is 10.2 Å². The van der Waals surface area contributed by atoms with Gasteiger partial charge >= 0.3 is 0 Å². The molecular weight excluding hydrogens is 295 g/mol. The highest BCUT2D eigenvalue weighted by Crippen LogP contribution is 2.34. The molecule has 0 saturated carbocycles. The van der Waals surface area contributed by atoms with E-state index in [9.17, 15) is 9.18 Å². The Kier molecular flexibility index (Phi) is 3.63. The maximum atomic E-state index is 14.1. The van der Waals surface area contributed by atoms with E-state index < -0.39 is 0 Å². The molecule has 0 bridgehead atoms. The second-order valence-electron chi connectivity index (χ2n) is 6.18. The molecule has 1 amide bonds. The van der Waals surface area contributed by atoms with Gasteiger partial charge in [0.05, 0.1) is 6.04 Å². The van der Waals surface area contributed by atoms with Gasteiger partial charge in [-0.25, -0.2) is 9.82 Å². The third-order valence-corrected chi connectivity index (χ3v) is 4.87. The molecule has 2 saturated heterocycles. The third-order valence-electron chi connectivity index (χ3n) is 4.87. The molecule has 0 aliphatic carbocycles. The van der Waals surface area contributed by atoms with Crippen LogP contribution in [0.5, 0.6) is 0 Å². The van der Waals surface area contributed by atoms with Crippen LogP contribution in [0.15, 0.2) is 42.6 Å². The van der Waals surface area contributed by atoms with Crippen molar-refractivity contribution in [1.29, 1.82) is 0 Å². The maximum absolute atomic E-state index is 14.1. The number of hydrazine groups is 1. The van der Waals surface area contributed by atoms with Gasteiger partial charge < -0.3 is 9.88 Å². The number of hydrogen-bond donors (Lipinski definition) is 3. The third kappa shape index (κ3) is 2.54. The van der Waals surface area contributed by atoms with Crippen molar-refractivity contribution < 1.29 is 9.18 Å². The van der Waals surface area contributed by atoms with Gasteiger partial charge in [0.1, 0.15) is 11.5 Å². The molecule has 2 fully saturated rings. The summed E-state index contributed by atoms with van der Waals surface area (Å²) in [7, 11) is 0. The monoisotopic (exact) mass is 314 g/mol. The van der Waals surface area contributed by atoms with Crippen molar-refractivity contribution in [2.24, 2.45) is 5.92 Å². The van der Waals surface area contributed by atoms with Crippen LogP contribution in [0, 0.1) is 11.7 Å². The summed E-state index contributed by atoms with van der Waals surface area (Å²) < 4.78 is 14.1. The van der Waals surface area contributed by atoms with Crippen LogP contribution in [-0.4, -0.2) is 34.9 Å². The number of benzene rings is 1. The normalized spacial score (nSPS) is 27.0. The number of hydrogen-bond acceptors (Lipinski definition) is 3. The highest BCUT2D eigenvalue weighted by atomic mass is 19.1. The number of aromatic nitrogens is 1. The Morgan fingerprint density at radius 2 is 2.04 bits per heavy atom. The van der Waals surface area contributed by atoms with E-state index in [0.717, 1.165) is 6.42 Å². The fraction of sp³-hybridized carbons (Fsp3) is 0.353. The number of fused-ring (bicyclic) bond motifs is 1. The van der Waals surface area contributed by atoms with Crippen LogP contribution < -0.4 is 10.9 Å². The molecule has 3 atom stereocenters. The lowest BCUT2D eigenvalue weighted by Gasteiger charge is -2.36. The highest BCUT2D eigenvalue weighted by molar-refractivity contribution is 5.92. The second-order valence-corrected chi connectivity index (χ2v) is 6.18. The van der Waals surface area contributed by atoms with E-state index in [1.54, 1.807) is 18.3 Å². The minimum absolute atomic E-state index is 0.00707. The summed E-state index contributed by atoms with van der Waals surface area (Å²) in [6.45, 7) is 1.32. The number of carbonyl (C=O) groups excluding carboxylic acids is 1. The summed E-state index contributed by atoms with van der Waals surface area (Å²) in [6.07, 6.45) is 2.61. The molecule has 120 valence electrons. The summed E-state index contributed by atoms with van der Waals surface area (Å²) in [5.74, 6) is -0.0486. The van der Waals surface area contributed by atoms with Crippen molar-refractivity contribution in [3.05, 3.63) is 59.7 Å². The summed E-state index contributed by atoms with van der Waals surface area (Å²) in [5.41, 5.74) is 7.74. The largest absolute Gasteiger partial charge is 0.357 e. The minimum Gasteiger partial charge on any atom is -0.357 e. The lowest BCUT2D eigenvalue weighted by atomic mass is 9.85. The van der Waals surface area contributed by atoms with Gasteiger partial charge in [-0.2, -0.15) is 0 Å². The Labute approximate surface area is 133 Å². The van der Waals surface area contributed by atoms with Crippen molar-refractivity contribution in [2.75, 3.05) is 13.1 Å². The zero-order chi connectivity index (χ0) is 15.8. The Balaban J connectivity index is 1.56. The summed E-state index contributed by atoms with van der Waals surface area (Å²) in [4.78, 5) is 17.4. The Hall–Kier alpha value is -2.18. The van der Waals surface area contributed by atoms with Crippen LogP contribution >= 0.6 is 0 Å². The van der Waals surface area contributed by atoms with E-state index in [1.165, 1.54) is 6.07 Å². The average molecular weight is 314 g/mol. The van der Waals surface area contributed by atoms with Crippen LogP contribution in [0.3, 0.4) is 0 Å². The van der Waals surface area contributed by atoms with Crippen LogP contribution in [0.25, 0.3) is 0 Å². The number of amides is 1. The Bertz CT molecular complexity index is 702. The molecule has 2 aliphatic rings. The molecule has 3 heterocycles. The van der Waals surface area contributed by atoms with Crippen molar-refractivity contribution in [2.45, 2.75) is 18.5 Å². The zero-order valence-corrected chi connectivity index (χ0v) is 12.6. The first-order chi connectivity index (χ1) is 11.2. The van der Waals surface area contributed by atoms with Gasteiger partial charge in [0.2, 0.25) is 0 Å². The van der Waals surface area contributed by atoms with E-state index in [0.29, 0.717) is 24.3 Å². The fourth-order valence-electron chi connectivity index (χ4n) is 3.66. The zero-order valence-electron chi connectivity index (χ0n) is 12.6. The number of H-pyrrole nitrogens is 1. The lowest BCUT2D eigenvalue weighted by molar-refractivity contribution is 0.0646. The maximum Gasteiger partial charge on any atom is 0.270 e. The van der Waals surface area contributed by atoms with Crippen LogP contribution in [0.4, 0.5) is 4.39 Å². The number of aromatic amines is 1. The molecule has 2 aromatic rings. The molecule has 0 radical (unpaired) electrons. The number of likely N-dealkylation sites (tertiary alicyclic amines) is 1. The SMILES string of the molecule is O=C(c1ccc[nH]1)N1CCC2NNC(c3ccccc3F)C2C1. The smallest absolute Gasteiger partial charge is 0.270 e. The average Bonchev–Trinajstić information content (AvgIpc) is 3.24. The van der Waals surface area contributed by atoms with Crippen molar-refractivity contribution in [1.82, 2.24) is 20.7 Å². The number of nitrogens with zero attached hydrogens (tertiary/aromatic N) is 1. The van der Waals surface area contributed by atoms with Crippen molar-refractivity contribution in [3.8, 4) is 0 Å². The first-order valence-corrected chi connectivity index (χ1v) is 7.92. The number of carbonyl (C=O) groups is 1. The quantitative estimate of drug-likeness (QED) is 0.793. The number of halogens is 1. The standard InChI is InChI=1S/C17H19FN4O/c18-13-5-2-1-4-11(13)16-12-10-22(9-7-14(12)20-21-16)17(23)15-6-3-8-19-15/h1-6,8,12,14,16,19-21H,7,9-10H2. The molecular formula is C17H19FN4O. The van der Waals surface area contributed by atoms with Crippen LogP contribution in [0.1, 0.15) is 28.5 Å². The molecule has 6 heteroatoms. The van der Waals surface area contributed by atoms with Crippen molar-refractivity contribution in [3.63, 3.8) is 0 Å². The predicted molar refractivity (Wildman–Crippen MR) is 84.0 cm³/mol. The molecule has 3 N–H and O–H groups in total. The van der Waals surface area contributed by atoms with Gasteiger partial charge in [0.15, 0.2) is 0 Å². The molecule has 1 aromatic carbocycles. The first kappa shape index (κ1) is 14.4. The van der Waals surface area contributed by atoms with Gasteiger partial charge in [-0.1, -0.05) is 18.2 Å². The highest BCUT2D eigenvalue weighted by Gasteiger charge is 2.42. The second kappa shape index (κ2) is 5.79. The van der Waals surface area contributed by atoms with E-state index in [1.807, 2.05) is 23.1 Å². The number of rotatable bonds is 2. The molecule has 23 heavy (non-hydrogen) atoms. The van der Waals surface area contributed by atoms with Crippen LogP contribution in [0.2, 0.25) is 0 Å². The molecule has 4 rings (SSSR count). The van der Waals surface area contributed by atoms with Gasteiger partial charge in [-0.15, -0.1) is 0 Å². The van der Waals surface area contributed by atoms with Gasteiger partial charge in [-0.05, 0) is 24.6 Å². The number of nitrogens with one attached hydrogen (secondary N) is 3. The summed E-state index contributed by atoms with van der Waals surface area (Å²) in [5, 5.41) is 0. The van der Waals surface area contributed by atoms with Crippen LogP contribution in [-0.2, 0) is 0 Å². The lowest BCUT2D eigenvalue weighted by Crippen LogP contribution is -2.47. The molecule has 1 aromatic heterocycles. The molecule has 2 aliphatic heterocycles. The molecule has 3 unspecified atom stereocenters. The fourth-order valence-corrected chi connectivity index (χ4v) is 3.66. The minimum atomic E-state index is -0.208. The van der Waals surface area contributed by atoms with E-state index in [4.69, 9.17) is 0 Å². The van der Waals surface area contributed by atoms with Gasteiger partial charge in [0, 0.05) is 36.8 Å². The van der Waals surface area contributed by atoms with Crippen molar-refractivity contribution >= 4 is 5.91 Å². The first-order valence-electron chi connectivity index (χ1n) is 7.92. The van der Waals surface area contributed by atoms with E-state index in [2.05, 4.69) is 15.8 Å². The predicted octanol–water partition coefficient (Wildman–Crippen LogP) is 1.83. The number of piperidine rings is 1. The molecule has 0 spiro atoms. The molecule has 5 nitrogen and oxygen atoms in total. The topological polar surface area (TPSA) is 60.2 Å². The van der Waals surface area contributed by atoms with E-state index >= 15 is 0 Å².